The van der Waals surface area contributed by atoms with E-state index in [0.29, 0.717) is 6.42 Å². The van der Waals surface area contributed by atoms with Crippen molar-refractivity contribution in [2.45, 2.75) is 19.5 Å². The van der Waals surface area contributed by atoms with Crippen LogP contribution in [0, 0.1) is 5.92 Å². The standard InChI is InChI=1S/C9H17F3N2O3S/c1-2-3-14-8(15)6-18(16,17)5-7(4-13)9(10,11)12/h7H,2-6,13H2,1H3,(H,14,15). The summed E-state index contributed by atoms with van der Waals surface area (Å²) < 4.78 is 59.8. The third-order valence-electron chi connectivity index (χ3n) is 2.13. The molecule has 0 rings (SSSR count). The highest BCUT2D eigenvalue weighted by Crippen LogP contribution is 2.26. The van der Waals surface area contributed by atoms with E-state index in [4.69, 9.17) is 5.73 Å². The molecule has 108 valence electrons. The average Bonchev–Trinajstić information content (AvgIpc) is 2.20. The van der Waals surface area contributed by atoms with Crippen LogP contribution in [-0.4, -0.2) is 45.1 Å². The van der Waals surface area contributed by atoms with Gasteiger partial charge in [0.25, 0.3) is 0 Å². The van der Waals surface area contributed by atoms with Crippen LogP contribution in [0.15, 0.2) is 0 Å². The summed E-state index contributed by atoms with van der Waals surface area (Å²) in [5.74, 6) is -5.04. The molecular formula is C9H17F3N2O3S. The summed E-state index contributed by atoms with van der Waals surface area (Å²) in [6, 6.07) is 0. The van der Waals surface area contributed by atoms with Crippen molar-refractivity contribution < 1.29 is 26.4 Å². The van der Waals surface area contributed by atoms with Gasteiger partial charge in [-0.05, 0) is 6.42 Å². The van der Waals surface area contributed by atoms with E-state index in [1.807, 2.05) is 0 Å². The maximum absolute atomic E-state index is 12.3. The Kier molecular flexibility index (Phi) is 6.61. The second-order valence-corrected chi connectivity index (χ2v) is 5.99. The van der Waals surface area contributed by atoms with E-state index in [2.05, 4.69) is 5.32 Å². The van der Waals surface area contributed by atoms with Crippen LogP contribution >= 0.6 is 0 Å². The van der Waals surface area contributed by atoms with Gasteiger partial charge in [-0.1, -0.05) is 6.92 Å². The van der Waals surface area contributed by atoms with E-state index in [1.54, 1.807) is 6.92 Å². The topological polar surface area (TPSA) is 89.3 Å². The lowest BCUT2D eigenvalue weighted by atomic mass is 10.2. The smallest absolute Gasteiger partial charge is 0.355 e. The number of hydrogen-bond acceptors (Lipinski definition) is 4. The molecule has 3 N–H and O–H groups in total. The van der Waals surface area contributed by atoms with E-state index >= 15 is 0 Å². The zero-order chi connectivity index (χ0) is 14.4. The molecule has 0 aromatic heterocycles. The molecule has 0 fully saturated rings. The van der Waals surface area contributed by atoms with Crippen LogP contribution in [0.5, 0.6) is 0 Å². The number of sulfone groups is 1. The van der Waals surface area contributed by atoms with E-state index in [9.17, 15) is 26.4 Å². The van der Waals surface area contributed by atoms with Crippen molar-refractivity contribution in [3.8, 4) is 0 Å². The van der Waals surface area contributed by atoms with E-state index < -0.39 is 45.9 Å². The van der Waals surface area contributed by atoms with Crippen LogP contribution in [0.25, 0.3) is 0 Å². The largest absolute Gasteiger partial charge is 0.393 e. The molecule has 18 heavy (non-hydrogen) atoms. The van der Waals surface area contributed by atoms with E-state index in [0.717, 1.165) is 0 Å². The van der Waals surface area contributed by atoms with Crippen molar-refractivity contribution in [3.05, 3.63) is 0 Å². The predicted octanol–water partition coefficient (Wildman–Crippen LogP) is 0.0646. The zero-order valence-corrected chi connectivity index (χ0v) is 10.8. The van der Waals surface area contributed by atoms with E-state index in [-0.39, 0.29) is 6.54 Å². The third kappa shape index (κ3) is 6.80. The van der Waals surface area contributed by atoms with Crippen molar-refractivity contribution >= 4 is 15.7 Å². The minimum atomic E-state index is -4.68. The molecule has 1 unspecified atom stereocenters. The monoisotopic (exact) mass is 290 g/mol. The Morgan fingerprint density at radius 3 is 2.33 bits per heavy atom. The van der Waals surface area contributed by atoms with Gasteiger partial charge in [0.1, 0.15) is 5.75 Å². The first-order valence-electron chi connectivity index (χ1n) is 5.36. The quantitative estimate of drug-likeness (QED) is 0.694. The minimum absolute atomic E-state index is 0.286. The molecular weight excluding hydrogens is 273 g/mol. The van der Waals surface area contributed by atoms with E-state index in [1.165, 1.54) is 0 Å². The van der Waals surface area contributed by atoms with Crippen LogP contribution in [-0.2, 0) is 14.6 Å². The summed E-state index contributed by atoms with van der Waals surface area (Å²) in [7, 11) is -4.12. The van der Waals surface area contributed by atoms with Crippen LogP contribution in [0.4, 0.5) is 13.2 Å². The number of carbonyl (C=O) groups excluding carboxylic acids is 1. The zero-order valence-electron chi connectivity index (χ0n) is 9.96. The van der Waals surface area contributed by atoms with Crippen LogP contribution in [0.2, 0.25) is 0 Å². The summed E-state index contributed by atoms with van der Waals surface area (Å²) in [6.07, 6.45) is -4.07. The van der Waals surface area contributed by atoms with Crippen LogP contribution in [0.3, 0.4) is 0 Å². The Labute approximate surface area is 104 Å². The lowest BCUT2D eigenvalue weighted by molar-refractivity contribution is -0.165. The van der Waals surface area contributed by atoms with Crippen molar-refractivity contribution in [1.82, 2.24) is 5.32 Å². The molecule has 0 aliphatic rings. The first-order chi connectivity index (χ1) is 8.12. The molecule has 0 aromatic rings. The number of nitrogens with two attached hydrogens (primary N) is 1. The maximum atomic E-state index is 12.3. The summed E-state index contributed by atoms with van der Waals surface area (Å²) in [5.41, 5.74) is 4.89. The number of alkyl halides is 3. The molecule has 0 saturated carbocycles. The van der Waals surface area contributed by atoms with Gasteiger partial charge < -0.3 is 11.1 Å². The maximum Gasteiger partial charge on any atom is 0.393 e. The Morgan fingerprint density at radius 1 is 1.39 bits per heavy atom. The number of halogens is 3. The van der Waals surface area contributed by atoms with Gasteiger partial charge in [-0.15, -0.1) is 0 Å². The second-order valence-electron chi connectivity index (χ2n) is 3.88. The summed E-state index contributed by atoms with van der Waals surface area (Å²) in [5, 5.41) is 2.29. The molecule has 9 heteroatoms. The lowest BCUT2D eigenvalue weighted by Crippen LogP contribution is -2.39. The fraction of sp³-hybridized carbons (Fsp3) is 0.889. The van der Waals surface area contributed by atoms with Gasteiger partial charge in [-0.3, -0.25) is 4.79 Å². The molecule has 0 aromatic carbocycles. The third-order valence-corrected chi connectivity index (χ3v) is 3.74. The predicted molar refractivity (Wildman–Crippen MR) is 60.6 cm³/mol. The molecule has 0 aliphatic carbocycles. The molecule has 0 bridgehead atoms. The molecule has 0 heterocycles. The Balaban J connectivity index is 4.51. The Bertz CT molecular complexity index is 368. The van der Waals surface area contributed by atoms with Crippen molar-refractivity contribution in [1.29, 1.82) is 0 Å². The van der Waals surface area contributed by atoms with Crippen molar-refractivity contribution in [3.63, 3.8) is 0 Å². The Hall–Kier alpha value is -0.830. The van der Waals surface area contributed by atoms with Gasteiger partial charge in [-0.2, -0.15) is 13.2 Å². The molecule has 0 radical (unpaired) electrons. The number of nitrogens with one attached hydrogen (secondary N) is 1. The average molecular weight is 290 g/mol. The SMILES string of the molecule is CCCNC(=O)CS(=O)(=O)CC(CN)C(F)(F)F. The minimum Gasteiger partial charge on any atom is -0.355 e. The number of rotatable bonds is 7. The highest BCUT2D eigenvalue weighted by Gasteiger charge is 2.41. The van der Waals surface area contributed by atoms with Gasteiger partial charge in [0, 0.05) is 13.1 Å². The lowest BCUT2D eigenvalue weighted by Gasteiger charge is -2.18. The second kappa shape index (κ2) is 6.93. The number of carbonyl (C=O) groups is 1. The highest BCUT2D eigenvalue weighted by molar-refractivity contribution is 7.92. The molecule has 0 aliphatic heterocycles. The fourth-order valence-electron chi connectivity index (χ4n) is 1.18. The van der Waals surface area contributed by atoms with Crippen molar-refractivity contribution in [2.24, 2.45) is 11.7 Å². The summed E-state index contributed by atoms with van der Waals surface area (Å²) >= 11 is 0. The molecule has 1 atom stereocenters. The van der Waals surface area contributed by atoms with Crippen molar-refractivity contribution in [2.75, 3.05) is 24.6 Å². The van der Waals surface area contributed by atoms with Gasteiger partial charge in [0.15, 0.2) is 9.84 Å². The van der Waals surface area contributed by atoms with Gasteiger partial charge in [0.05, 0.1) is 11.7 Å². The van der Waals surface area contributed by atoms with Gasteiger partial charge in [-0.25, -0.2) is 8.42 Å². The molecule has 0 spiro atoms. The molecule has 1 amide bonds. The number of amides is 1. The van der Waals surface area contributed by atoms with Crippen LogP contribution < -0.4 is 11.1 Å². The first kappa shape index (κ1) is 17.2. The van der Waals surface area contributed by atoms with Crippen LogP contribution in [0.1, 0.15) is 13.3 Å². The molecule has 0 saturated heterocycles. The normalized spacial score (nSPS) is 14.3. The van der Waals surface area contributed by atoms with Gasteiger partial charge in [0.2, 0.25) is 5.91 Å². The fourth-order valence-corrected chi connectivity index (χ4v) is 2.73. The summed E-state index contributed by atoms with van der Waals surface area (Å²) in [4.78, 5) is 11.1. The van der Waals surface area contributed by atoms with Gasteiger partial charge >= 0.3 is 6.18 Å². The molecule has 5 nitrogen and oxygen atoms in total. The highest BCUT2D eigenvalue weighted by atomic mass is 32.2. The summed E-state index contributed by atoms with van der Waals surface area (Å²) in [6.45, 7) is 1.23. The number of hydrogen-bond donors (Lipinski definition) is 2. The Morgan fingerprint density at radius 2 is 1.94 bits per heavy atom. The first-order valence-corrected chi connectivity index (χ1v) is 7.18.